The lowest BCUT2D eigenvalue weighted by Gasteiger charge is -2.24. The van der Waals surface area contributed by atoms with Gasteiger partial charge < -0.3 is 5.32 Å². The van der Waals surface area contributed by atoms with Crippen molar-refractivity contribution in [3.63, 3.8) is 0 Å². The van der Waals surface area contributed by atoms with Gasteiger partial charge in [-0.1, -0.05) is 12.1 Å². The van der Waals surface area contributed by atoms with Crippen molar-refractivity contribution in [1.82, 2.24) is 15.1 Å². The van der Waals surface area contributed by atoms with Gasteiger partial charge in [0.25, 0.3) is 0 Å². The van der Waals surface area contributed by atoms with Crippen molar-refractivity contribution < 1.29 is 0 Å². The van der Waals surface area contributed by atoms with Crippen molar-refractivity contribution in [2.45, 2.75) is 32.7 Å². The first kappa shape index (κ1) is 13.4. The molecule has 0 bridgehead atoms. The Morgan fingerprint density at radius 1 is 1.22 bits per heavy atom. The molecule has 2 heterocycles. The Labute approximate surface area is 114 Å². The molecular weight excluding hydrogens is 246 g/mol. The average molecular weight is 266 g/mol. The first-order chi connectivity index (χ1) is 8.27. The molecule has 1 aliphatic rings. The third kappa shape index (κ3) is 2.13. The van der Waals surface area contributed by atoms with E-state index >= 15 is 0 Å². The molecule has 1 aromatic heterocycles. The number of fused-ring (bicyclic) bond motifs is 1. The Kier molecular flexibility index (Phi) is 3.93. The lowest BCUT2D eigenvalue weighted by molar-refractivity contribution is 0.340. The predicted molar refractivity (Wildman–Crippen MR) is 77.6 cm³/mol. The van der Waals surface area contributed by atoms with Crippen LogP contribution >= 0.6 is 12.4 Å². The van der Waals surface area contributed by atoms with Gasteiger partial charge in [-0.05, 0) is 51.4 Å². The quantitative estimate of drug-likeness (QED) is 0.859. The molecule has 0 unspecified atom stereocenters. The minimum Gasteiger partial charge on any atom is -0.317 e. The Morgan fingerprint density at radius 3 is 2.61 bits per heavy atom. The SMILES string of the molecule is Cc1cccc2nn(C3CCNCC3)c(C)c12.Cl. The zero-order chi connectivity index (χ0) is 11.8. The number of halogens is 1. The number of nitrogens with one attached hydrogen (secondary N) is 1. The van der Waals surface area contributed by atoms with Crippen molar-refractivity contribution in [2.75, 3.05) is 13.1 Å². The molecule has 4 heteroatoms. The summed E-state index contributed by atoms with van der Waals surface area (Å²) in [5.41, 5.74) is 3.80. The summed E-state index contributed by atoms with van der Waals surface area (Å²) in [6, 6.07) is 6.95. The summed E-state index contributed by atoms with van der Waals surface area (Å²) in [5.74, 6) is 0. The van der Waals surface area contributed by atoms with E-state index in [1.165, 1.54) is 29.5 Å². The molecule has 1 N–H and O–H groups in total. The number of nitrogens with zero attached hydrogens (tertiary/aromatic N) is 2. The van der Waals surface area contributed by atoms with Gasteiger partial charge in [0.15, 0.2) is 0 Å². The lowest BCUT2D eigenvalue weighted by atomic mass is 10.1. The lowest BCUT2D eigenvalue weighted by Crippen LogP contribution is -2.30. The fourth-order valence-corrected chi connectivity index (χ4v) is 2.92. The predicted octanol–water partition coefficient (Wildman–Crippen LogP) is 3.00. The monoisotopic (exact) mass is 265 g/mol. The van der Waals surface area contributed by atoms with Gasteiger partial charge in [-0.25, -0.2) is 0 Å². The molecule has 0 aliphatic carbocycles. The molecule has 0 spiro atoms. The topological polar surface area (TPSA) is 29.9 Å². The highest BCUT2D eigenvalue weighted by molar-refractivity contribution is 5.85. The molecular formula is C14H20ClN3. The highest BCUT2D eigenvalue weighted by atomic mass is 35.5. The zero-order valence-corrected chi connectivity index (χ0v) is 11.8. The smallest absolute Gasteiger partial charge is 0.0928 e. The fraction of sp³-hybridized carbons (Fsp3) is 0.500. The maximum absolute atomic E-state index is 4.79. The maximum atomic E-state index is 4.79. The summed E-state index contributed by atoms with van der Waals surface area (Å²) in [5, 5.41) is 9.53. The number of hydrogen-bond acceptors (Lipinski definition) is 2. The van der Waals surface area contributed by atoms with E-state index in [2.05, 4.69) is 42.0 Å². The summed E-state index contributed by atoms with van der Waals surface area (Å²) in [7, 11) is 0. The Hall–Kier alpha value is -1.06. The summed E-state index contributed by atoms with van der Waals surface area (Å²) in [6.07, 6.45) is 2.38. The number of piperidine rings is 1. The summed E-state index contributed by atoms with van der Waals surface area (Å²) in [4.78, 5) is 0. The van der Waals surface area contributed by atoms with Crippen molar-refractivity contribution >= 4 is 23.3 Å². The van der Waals surface area contributed by atoms with Gasteiger partial charge in [0, 0.05) is 11.1 Å². The first-order valence-electron chi connectivity index (χ1n) is 6.42. The van der Waals surface area contributed by atoms with Crippen LogP contribution in [0.5, 0.6) is 0 Å². The minimum absolute atomic E-state index is 0. The maximum Gasteiger partial charge on any atom is 0.0928 e. The van der Waals surface area contributed by atoms with Crippen LogP contribution in [0.15, 0.2) is 18.2 Å². The number of hydrogen-bond donors (Lipinski definition) is 1. The van der Waals surface area contributed by atoms with Crippen LogP contribution in [0.2, 0.25) is 0 Å². The Morgan fingerprint density at radius 2 is 1.94 bits per heavy atom. The number of aromatic nitrogens is 2. The van der Waals surface area contributed by atoms with Crippen LogP contribution in [0.1, 0.15) is 30.1 Å². The highest BCUT2D eigenvalue weighted by Gasteiger charge is 2.19. The third-order valence-electron chi connectivity index (χ3n) is 3.83. The molecule has 2 aromatic rings. The van der Waals surface area contributed by atoms with Crippen LogP contribution < -0.4 is 5.32 Å². The molecule has 3 rings (SSSR count). The van der Waals surface area contributed by atoms with Crippen LogP contribution in [0.3, 0.4) is 0 Å². The van der Waals surface area contributed by atoms with Gasteiger partial charge in [0.2, 0.25) is 0 Å². The van der Waals surface area contributed by atoms with Crippen molar-refractivity contribution in [3.05, 3.63) is 29.5 Å². The minimum atomic E-state index is 0. The Balaban J connectivity index is 0.00000120. The molecule has 18 heavy (non-hydrogen) atoms. The summed E-state index contributed by atoms with van der Waals surface area (Å²) in [6.45, 7) is 6.59. The molecule has 1 aromatic carbocycles. The number of aryl methyl sites for hydroxylation is 2. The summed E-state index contributed by atoms with van der Waals surface area (Å²) >= 11 is 0. The van der Waals surface area contributed by atoms with Gasteiger partial charge in [-0.2, -0.15) is 5.10 Å². The second kappa shape index (κ2) is 5.29. The van der Waals surface area contributed by atoms with E-state index in [9.17, 15) is 0 Å². The van der Waals surface area contributed by atoms with Crippen molar-refractivity contribution in [1.29, 1.82) is 0 Å². The van der Waals surface area contributed by atoms with Crippen molar-refractivity contribution in [2.24, 2.45) is 0 Å². The molecule has 98 valence electrons. The van der Waals surface area contributed by atoms with Gasteiger partial charge in [0.1, 0.15) is 0 Å². The molecule has 0 atom stereocenters. The molecule has 0 amide bonds. The molecule has 3 nitrogen and oxygen atoms in total. The van der Waals surface area contributed by atoms with E-state index in [-0.39, 0.29) is 12.4 Å². The van der Waals surface area contributed by atoms with E-state index in [1.54, 1.807) is 0 Å². The van der Waals surface area contributed by atoms with Crippen LogP contribution in [-0.2, 0) is 0 Å². The van der Waals surface area contributed by atoms with Gasteiger partial charge >= 0.3 is 0 Å². The van der Waals surface area contributed by atoms with E-state index in [0.717, 1.165) is 18.6 Å². The Bertz CT molecular complexity index is 541. The van der Waals surface area contributed by atoms with E-state index in [1.807, 2.05) is 0 Å². The van der Waals surface area contributed by atoms with E-state index in [0.29, 0.717) is 6.04 Å². The molecule has 1 aliphatic heterocycles. The largest absolute Gasteiger partial charge is 0.317 e. The van der Waals surface area contributed by atoms with Crippen LogP contribution in [0, 0.1) is 13.8 Å². The molecule has 1 saturated heterocycles. The normalized spacial score (nSPS) is 16.8. The highest BCUT2D eigenvalue weighted by Crippen LogP contribution is 2.27. The van der Waals surface area contributed by atoms with Gasteiger partial charge in [-0.3, -0.25) is 4.68 Å². The van der Waals surface area contributed by atoms with Gasteiger partial charge in [-0.15, -0.1) is 12.4 Å². The zero-order valence-electron chi connectivity index (χ0n) is 10.9. The second-order valence-electron chi connectivity index (χ2n) is 4.98. The molecule has 1 fully saturated rings. The first-order valence-corrected chi connectivity index (χ1v) is 6.42. The van der Waals surface area contributed by atoms with Crippen LogP contribution in [-0.4, -0.2) is 22.9 Å². The van der Waals surface area contributed by atoms with Gasteiger partial charge in [0.05, 0.1) is 11.6 Å². The fourth-order valence-electron chi connectivity index (χ4n) is 2.92. The van der Waals surface area contributed by atoms with E-state index in [4.69, 9.17) is 5.10 Å². The molecule has 0 saturated carbocycles. The standard InChI is InChI=1S/C14H19N3.ClH/c1-10-4-3-5-13-14(10)11(2)17(16-13)12-6-8-15-9-7-12;/h3-5,12,15H,6-9H2,1-2H3;1H. The number of benzene rings is 1. The van der Waals surface area contributed by atoms with Crippen molar-refractivity contribution in [3.8, 4) is 0 Å². The van der Waals surface area contributed by atoms with Crippen LogP contribution in [0.25, 0.3) is 10.9 Å². The number of rotatable bonds is 1. The van der Waals surface area contributed by atoms with Crippen LogP contribution in [0.4, 0.5) is 0 Å². The average Bonchev–Trinajstić information content (AvgIpc) is 2.69. The van der Waals surface area contributed by atoms with E-state index < -0.39 is 0 Å². The summed E-state index contributed by atoms with van der Waals surface area (Å²) < 4.78 is 2.25. The third-order valence-corrected chi connectivity index (χ3v) is 3.83. The second-order valence-corrected chi connectivity index (χ2v) is 4.98. The molecule has 0 radical (unpaired) electrons.